The van der Waals surface area contributed by atoms with Crippen molar-refractivity contribution in [3.63, 3.8) is 0 Å². The predicted molar refractivity (Wildman–Crippen MR) is 92.8 cm³/mol. The van der Waals surface area contributed by atoms with Gasteiger partial charge in [0.15, 0.2) is 0 Å². The molecular formula is C19H24FN3O. The van der Waals surface area contributed by atoms with E-state index in [-0.39, 0.29) is 5.82 Å². The first kappa shape index (κ1) is 15.7. The Bertz CT molecular complexity index is 635. The van der Waals surface area contributed by atoms with E-state index in [4.69, 9.17) is 4.74 Å². The van der Waals surface area contributed by atoms with Gasteiger partial charge in [0.2, 0.25) is 0 Å². The molecule has 0 spiro atoms. The lowest BCUT2D eigenvalue weighted by Crippen LogP contribution is -2.37. The minimum atomic E-state index is -0.202. The molecule has 0 amide bonds. The number of morpholine rings is 1. The summed E-state index contributed by atoms with van der Waals surface area (Å²) in [6, 6.07) is 6.65. The smallest absolute Gasteiger partial charge is 0.123 e. The Hall–Kier alpha value is -1.85. The van der Waals surface area contributed by atoms with Crippen LogP contribution in [0.4, 0.5) is 10.1 Å². The SMILES string of the molecule is Fc1ccc(N2NC=C3C2=CCCC3CCN2CCOCC2)cc1. The summed E-state index contributed by atoms with van der Waals surface area (Å²) in [6.45, 7) is 4.95. The van der Waals surface area contributed by atoms with Gasteiger partial charge in [0.25, 0.3) is 0 Å². The summed E-state index contributed by atoms with van der Waals surface area (Å²) in [6.07, 6.45) is 7.90. The van der Waals surface area contributed by atoms with Crippen LogP contribution in [0.15, 0.2) is 47.8 Å². The Balaban J connectivity index is 1.42. The quantitative estimate of drug-likeness (QED) is 0.919. The number of hydrazine groups is 1. The van der Waals surface area contributed by atoms with Crippen molar-refractivity contribution in [2.45, 2.75) is 19.3 Å². The number of ether oxygens (including phenoxy) is 1. The summed E-state index contributed by atoms with van der Waals surface area (Å²) in [4.78, 5) is 2.50. The monoisotopic (exact) mass is 329 g/mol. The van der Waals surface area contributed by atoms with E-state index >= 15 is 0 Å². The summed E-state index contributed by atoms with van der Waals surface area (Å²) in [5, 5.41) is 2.07. The number of allylic oxidation sites excluding steroid dienone is 2. The third-order valence-electron chi connectivity index (χ3n) is 5.16. The fourth-order valence-corrected chi connectivity index (χ4v) is 3.79. The second-order valence-corrected chi connectivity index (χ2v) is 6.65. The number of nitrogens with one attached hydrogen (secondary N) is 1. The third kappa shape index (κ3) is 3.19. The van der Waals surface area contributed by atoms with E-state index in [0.717, 1.165) is 45.0 Å². The molecule has 5 heteroatoms. The molecule has 128 valence electrons. The maximum atomic E-state index is 13.2. The fourth-order valence-electron chi connectivity index (χ4n) is 3.79. The lowest BCUT2D eigenvalue weighted by molar-refractivity contribution is 0.0358. The minimum Gasteiger partial charge on any atom is -0.379 e. The Morgan fingerprint density at radius 2 is 1.96 bits per heavy atom. The van der Waals surface area contributed by atoms with E-state index in [1.165, 1.54) is 36.2 Å². The van der Waals surface area contributed by atoms with Crippen molar-refractivity contribution in [3.05, 3.63) is 53.6 Å². The topological polar surface area (TPSA) is 27.7 Å². The first-order valence-electron chi connectivity index (χ1n) is 8.84. The van der Waals surface area contributed by atoms with Crippen LogP contribution in [0.2, 0.25) is 0 Å². The van der Waals surface area contributed by atoms with Crippen molar-refractivity contribution in [1.82, 2.24) is 10.3 Å². The van der Waals surface area contributed by atoms with E-state index in [9.17, 15) is 4.39 Å². The van der Waals surface area contributed by atoms with E-state index < -0.39 is 0 Å². The Morgan fingerprint density at radius 1 is 1.17 bits per heavy atom. The van der Waals surface area contributed by atoms with Gasteiger partial charge in [-0.2, -0.15) is 0 Å². The highest BCUT2D eigenvalue weighted by atomic mass is 19.1. The van der Waals surface area contributed by atoms with Crippen LogP contribution >= 0.6 is 0 Å². The zero-order valence-electron chi connectivity index (χ0n) is 13.9. The van der Waals surface area contributed by atoms with Gasteiger partial charge in [-0.3, -0.25) is 9.91 Å². The molecule has 0 saturated carbocycles. The molecule has 1 N–H and O–H groups in total. The van der Waals surface area contributed by atoms with Crippen molar-refractivity contribution >= 4 is 5.69 Å². The molecule has 0 bridgehead atoms. The lowest BCUT2D eigenvalue weighted by Gasteiger charge is -2.31. The van der Waals surface area contributed by atoms with Gasteiger partial charge in [-0.15, -0.1) is 0 Å². The standard InChI is InChI=1S/C19H24FN3O/c20-16-4-6-17(7-5-16)23-19-3-1-2-15(18(19)14-21-23)8-9-22-10-12-24-13-11-22/h3-7,14-15,21H,1-2,8-13H2. The van der Waals surface area contributed by atoms with Gasteiger partial charge in [-0.05, 0) is 61.6 Å². The average molecular weight is 329 g/mol. The molecule has 1 unspecified atom stereocenters. The molecule has 1 fully saturated rings. The van der Waals surface area contributed by atoms with Crippen LogP contribution < -0.4 is 10.4 Å². The molecule has 24 heavy (non-hydrogen) atoms. The van der Waals surface area contributed by atoms with Crippen LogP contribution in [0, 0.1) is 11.7 Å². The summed E-state index contributed by atoms with van der Waals surface area (Å²) in [5.41, 5.74) is 6.95. The molecule has 1 aromatic rings. The Kier molecular flexibility index (Phi) is 4.54. The van der Waals surface area contributed by atoms with Gasteiger partial charge >= 0.3 is 0 Å². The van der Waals surface area contributed by atoms with Gasteiger partial charge < -0.3 is 10.2 Å². The summed E-state index contributed by atoms with van der Waals surface area (Å²) in [7, 11) is 0. The molecule has 1 atom stereocenters. The second kappa shape index (κ2) is 6.95. The van der Waals surface area contributed by atoms with Crippen LogP contribution in [0.5, 0.6) is 0 Å². The number of hydrogen-bond acceptors (Lipinski definition) is 4. The number of benzene rings is 1. The molecule has 0 aromatic heterocycles. The predicted octanol–water partition coefficient (Wildman–Crippen LogP) is 3.05. The molecule has 0 radical (unpaired) electrons. The van der Waals surface area contributed by atoms with Crippen molar-refractivity contribution < 1.29 is 9.13 Å². The molecule has 2 aliphatic heterocycles. The van der Waals surface area contributed by atoms with E-state index in [1.54, 1.807) is 0 Å². The molecule has 4 nitrogen and oxygen atoms in total. The fraction of sp³-hybridized carbons (Fsp3) is 0.474. The molecule has 4 rings (SSSR count). The molecule has 3 aliphatic rings. The summed E-state index contributed by atoms with van der Waals surface area (Å²) < 4.78 is 18.6. The van der Waals surface area contributed by atoms with Crippen LogP contribution in [-0.4, -0.2) is 37.7 Å². The van der Waals surface area contributed by atoms with Crippen molar-refractivity contribution in [2.24, 2.45) is 5.92 Å². The first-order chi connectivity index (χ1) is 11.8. The first-order valence-corrected chi connectivity index (χ1v) is 8.84. The van der Waals surface area contributed by atoms with Gasteiger partial charge in [-0.1, -0.05) is 6.08 Å². The normalized spacial score (nSPS) is 24.2. The zero-order valence-corrected chi connectivity index (χ0v) is 13.9. The van der Waals surface area contributed by atoms with E-state index in [2.05, 4.69) is 27.6 Å². The Morgan fingerprint density at radius 3 is 2.75 bits per heavy atom. The van der Waals surface area contributed by atoms with Gasteiger partial charge in [0.1, 0.15) is 5.82 Å². The number of halogens is 1. The Labute approximate surface area is 142 Å². The molecule has 1 saturated heterocycles. The molecule has 2 heterocycles. The summed E-state index contributed by atoms with van der Waals surface area (Å²) >= 11 is 0. The highest BCUT2D eigenvalue weighted by Crippen LogP contribution is 2.38. The van der Waals surface area contributed by atoms with E-state index in [0.29, 0.717) is 5.92 Å². The van der Waals surface area contributed by atoms with Crippen molar-refractivity contribution in [1.29, 1.82) is 0 Å². The van der Waals surface area contributed by atoms with Crippen LogP contribution in [0.25, 0.3) is 0 Å². The number of rotatable bonds is 4. The number of nitrogens with zero attached hydrogens (tertiary/aromatic N) is 2. The zero-order chi connectivity index (χ0) is 16.4. The average Bonchev–Trinajstić information content (AvgIpc) is 3.06. The van der Waals surface area contributed by atoms with Crippen LogP contribution in [0.3, 0.4) is 0 Å². The molecule has 1 aromatic carbocycles. The second-order valence-electron chi connectivity index (χ2n) is 6.65. The van der Waals surface area contributed by atoms with Crippen molar-refractivity contribution in [3.8, 4) is 0 Å². The van der Waals surface area contributed by atoms with Crippen molar-refractivity contribution in [2.75, 3.05) is 37.9 Å². The highest BCUT2D eigenvalue weighted by molar-refractivity contribution is 5.60. The minimum absolute atomic E-state index is 0.202. The van der Waals surface area contributed by atoms with Gasteiger partial charge in [0, 0.05) is 19.3 Å². The molecule has 1 aliphatic carbocycles. The highest BCUT2D eigenvalue weighted by Gasteiger charge is 2.30. The third-order valence-corrected chi connectivity index (χ3v) is 5.16. The largest absolute Gasteiger partial charge is 0.379 e. The number of anilines is 1. The van der Waals surface area contributed by atoms with Crippen LogP contribution in [0.1, 0.15) is 19.3 Å². The number of hydrogen-bond donors (Lipinski definition) is 1. The van der Waals surface area contributed by atoms with Gasteiger partial charge in [0.05, 0.1) is 24.6 Å². The maximum absolute atomic E-state index is 13.2. The van der Waals surface area contributed by atoms with Gasteiger partial charge in [-0.25, -0.2) is 4.39 Å². The number of fused-ring (bicyclic) bond motifs is 1. The summed E-state index contributed by atoms with van der Waals surface area (Å²) in [5.74, 6) is 0.387. The lowest BCUT2D eigenvalue weighted by atomic mass is 9.85. The van der Waals surface area contributed by atoms with E-state index in [1.807, 2.05) is 12.1 Å². The maximum Gasteiger partial charge on any atom is 0.123 e. The molecular weight excluding hydrogens is 305 g/mol. The van der Waals surface area contributed by atoms with Crippen LogP contribution in [-0.2, 0) is 4.74 Å².